The van der Waals surface area contributed by atoms with Crippen molar-refractivity contribution in [2.75, 3.05) is 5.32 Å². The van der Waals surface area contributed by atoms with Gasteiger partial charge in [-0.2, -0.15) is 0 Å². The summed E-state index contributed by atoms with van der Waals surface area (Å²) >= 11 is 5.88. The molecule has 0 aliphatic rings. The quantitative estimate of drug-likeness (QED) is 0.839. The van der Waals surface area contributed by atoms with E-state index in [4.69, 9.17) is 11.6 Å². The summed E-state index contributed by atoms with van der Waals surface area (Å²) in [6.07, 6.45) is 1.55. The number of carbonyl (C=O) groups excluding carboxylic acids is 1. The Morgan fingerprint density at radius 2 is 1.89 bits per heavy atom. The van der Waals surface area contributed by atoms with Crippen molar-refractivity contribution in [1.82, 2.24) is 4.98 Å². The van der Waals surface area contributed by atoms with Crippen molar-refractivity contribution in [3.63, 3.8) is 0 Å². The number of carbonyl (C=O) groups is 1. The van der Waals surface area contributed by atoms with E-state index in [0.717, 1.165) is 16.8 Å². The van der Waals surface area contributed by atoms with Gasteiger partial charge < -0.3 is 5.32 Å². The summed E-state index contributed by atoms with van der Waals surface area (Å²) in [5.74, 6) is -0.252. The molecule has 0 aliphatic heterocycles. The van der Waals surface area contributed by atoms with Gasteiger partial charge in [-0.05, 0) is 49.2 Å². The van der Waals surface area contributed by atoms with Gasteiger partial charge in [0.1, 0.15) is 5.15 Å². The summed E-state index contributed by atoms with van der Waals surface area (Å²) in [6.45, 7) is 3.97. The molecule has 1 aromatic heterocycles. The summed E-state index contributed by atoms with van der Waals surface area (Å²) in [5, 5.41) is 3.03. The first-order valence-corrected chi connectivity index (χ1v) is 5.94. The molecule has 0 radical (unpaired) electrons. The van der Waals surface area contributed by atoms with Crippen LogP contribution in [0.3, 0.4) is 0 Å². The number of halogens is 1. The number of nitrogens with zero attached hydrogens (tertiary/aromatic N) is 1. The van der Waals surface area contributed by atoms with Crippen molar-refractivity contribution in [3.05, 3.63) is 58.4 Å². The maximum atomic E-state index is 12.0. The van der Waals surface area contributed by atoms with E-state index in [9.17, 15) is 4.79 Å². The predicted molar refractivity (Wildman–Crippen MR) is 73.1 cm³/mol. The molecule has 1 heterocycles. The fraction of sp³-hybridized carbons (Fsp3) is 0.143. The van der Waals surface area contributed by atoms with Crippen LogP contribution in [0, 0.1) is 13.8 Å². The van der Waals surface area contributed by atoms with Crippen LogP contribution in [0.15, 0.2) is 36.5 Å². The van der Waals surface area contributed by atoms with Crippen LogP contribution in [0.5, 0.6) is 0 Å². The lowest BCUT2D eigenvalue weighted by molar-refractivity contribution is 0.102. The van der Waals surface area contributed by atoms with Crippen LogP contribution in [-0.2, 0) is 0 Å². The lowest BCUT2D eigenvalue weighted by atomic mass is 10.1. The zero-order valence-electron chi connectivity index (χ0n) is 10.2. The van der Waals surface area contributed by atoms with E-state index in [1.165, 1.54) is 0 Å². The summed E-state index contributed by atoms with van der Waals surface area (Å²) in [6, 6.07) is 9.20. The number of rotatable bonds is 2. The number of aryl methyl sites for hydroxylation is 2. The van der Waals surface area contributed by atoms with E-state index < -0.39 is 0 Å². The Balaban J connectivity index is 2.24. The van der Waals surface area contributed by atoms with E-state index in [1.807, 2.05) is 32.0 Å². The monoisotopic (exact) mass is 260 g/mol. The fourth-order valence-electron chi connectivity index (χ4n) is 1.80. The van der Waals surface area contributed by atoms with Crippen molar-refractivity contribution in [2.45, 2.75) is 13.8 Å². The van der Waals surface area contributed by atoms with Crippen molar-refractivity contribution in [2.24, 2.45) is 0 Å². The topological polar surface area (TPSA) is 42.0 Å². The van der Waals surface area contributed by atoms with Gasteiger partial charge in [-0.15, -0.1) is 0 Å². The van der Waals surface area contributed by atoms with Gasteiger partial charge in [-0.3, -0.25) is 4.79 Å². The molecule has 4 heteroatoms. The molecule has 0 spiro atoms. The van der Waals surface area contributed by atoms with Crippen molar-refractivity contribution < 1.29 is 4.79 Å². The van der Waals surface area contributed by atoms with Gasteiger partial charge in [-0.1, -0.05) is 17.7 Å². The third-order valence-corrected chi connectivity index (χ3v) is 2.78. The minimum atomic E-state index is -0.252. The molecule has 0 atom stereocenters. The maximum absolute atomic E-state index is 12.0. The largest absolute Gasteiger partial charge is 0.322 e. The van der Waals surface area contributed by atoms with Gasteiger partial charge in [0.2, 0.25) is 0 Å². The van der Waals surface area contributed by atoms with Crippen LogP contribution in [0.1, 0.15) is 21.5 Å². The van der Waals surface area contributed by atoms with E-state index in [0.29, 0.717) is 5.56 Å². The molecule has 3 nitrogen and oxygen atoms in total. The summed E-state index contributed by atoms with van der Waals surface area (Å²) in [7, 11) is 0. The van der Waals surface area contributed by atoms with Crippen LogP contribution in [-0.4, -0.2) is 10.9 Å². The average Bonchev–Trinajstić information content (AvgIpc) is 2.27. The second-order valence-corrected chi connectivity index (χ2v) is 4.53. The molecule has 18 heavy (non-hydrogen) atoms. The molecule has 0 fully saturated rings. The first kappa shape index (κ1) is 12.6. The predicted octanol–water partition coefficient (Wildman–Crippen LogP) is 3.60. The van der Waals surface area contributed by atoms with Gasteiger partial charge in [-0.25, -0.2) is 4.98 Å². The molecule has 0 saturated carbocycles. The van der Waals surface area contributed by atoms with Crippen LogP contribution in [0.4, 0.5) is 5.69 Å². The average molecular weight is 261 g/mol. The maximum Gasteiger partial charge on any atom is 0.258 e. The third kappa shape index (κ3) is 2.87. The van der Waals surface area contributed by atoms with Gasteiger partial charge in [0.25, 0.3) is 5.91 Å². The number of hydrogen-bond acceptors (Lipinski definition) is 2. The Hall–Kier alpha value is -1.87. The number of benzene rings is 1. The number of anilines is 1. The zero-order chi connectivity index (χ0) is 13.1. The molecule has 0 bridgehead atoms. The molecule has 2 aromatic rings. The van der Waals surface area contributed by atoms with E-state index >= 15 is 0 Å². The molecular weight excluding hydrogens is 248 g/mol. The number of pyridine rings is 1. The fourth-order valence-corrected chi connectivity index (χ4v) is 2.01. The molecule has 0 aliphatic carbocycles. The molecule has 1 amide bonds. The Bertz CT molecular complexity index is 576. The van der Waals surface area contributed by atoms with Crippen molar-refractivity contribution in [3.8, 4) is 0 Å². The van der Waals surface area contributed by atoms with Crippen molar-refractivity contribution >= 4 is 23.2 Å². The Kier molecular flexibility index (Phi) is 3.63. The number of aromatic nitrogens is 1. The first-order valence-electron chi connectivity index (χ1n) is 5.56. The lowest BCUT2D eigenvalue weighted by Crippen LogP contribution is -2.13. The molecule has 2 rings (SSSR count). The van der Waals surface area contributed by atoms with E-state index in [-0.39, 0.29) is 11.1 Å². The molecule has 1 aromatic carbocycles. The number of hydrogen-bond donors (Lipinski definition) is 1. The van der Waals surface area contributed by atoms with Crippen LogP contribution >= 0.6 is 11.6 Å². The highest BCUT2D eigenvalue weighted by Gasteiger charge is 2.10. The highest BCUT2D eigenvalue weighted by atomic mass is 35.5. The zero-order valence-corrected chi connectivity index (χ0v) is 11.0. The third-order valence-electron chi connectivity index (χ3n) is 2.48. The standard InChI is InChI=1S/C14H13ClN2O/c1-9-6-10(2)8-11(7-9)17-14(18)12-4-3-5-16-13(12)15/h3-8H,1-2H3,(H,17,18). The van der Waals surface area contributed by atoms with Crippen LogP contribution < -0.4 is 5.32 Å². The van der Waals surface area contributed by atoms with Gasteiger partial charge in [0.05, 0.1) is 5.56 Å². The summed E-state index contributed by atoms with van der Waals surface area (Å²) < 4.78 is 0. The molecular formula is C14H13ClN2O. The summed E-state index contributed by atoms with van der Waals surface area (Å²) in [4.78, 5) is 15.9. The lowest BCUT2D eigenvalue weighted by Gasteiger charge is -2.08. The number of amides is 1. The van der Waals surface area contributed by atoms with Gasteiger partial charge >= 0.3 is 0 Å². The normalized spacial score (nSPS) is 10.2. The highest BCUT2D eigenvalue weighted by Crippen LogP contribution is 2.17. The second-order valence-electron chi connectivity index (χ2n) is 4.17. The Labute approximate surface area is 111 Å². The van der Waals surface area contributed by atoms with Gasteiger partial charge in [0, 0.05) is 11.9 Å². The molecule has 0 unspecified atom stereocenters. The minimum Gasteiger partial charge on any atom is -0.322 e. The van der Waals surface area contributed by atoms with Crippen LogP contribution in [0.2, 0.25) is 5.15 Å². The highest BCUT2D eigenvalue weighted by molar-refractivity contribution is 6.33. The summed E-state index contributed by atoms with van der Waals surface area (Å²) in [5.41, 5.74) is 3.33. The Morgan fingerprint density at radius 3 is 2.50 bits per heavy atom. The van der Waals surface area contributed by atoms with Gasteiger partial charge in [0.15, 0.2) is 0 Å². The smallest absolute Gasteiger partial charge is 0.258 e. The molecule has 1 N–H and O–H groups in total. The minimum absolute atomic E-state index is 0.208. The first-order chi connectivity index (χ1) is 8.56. The number of nitrogens with one attached hydrogen (secondary N) is 1. The molecule has 92 valence electrons. The second kappa shape index (κ2) is 5.19. The SMILES string of the molecule is Cc1cc(C)cc(NC(=O)c2cccnc2Cl)c1. The van der Waals surface area contributed by atoms with Crippen molar-refractivity contribution in [1.29, 1.82) is 0 Å². The van der Waals surface area contributed by atoms with E-state index in [2.05, 4.69) is 10.3 Å². The molecule has 0 saturated heterocycles. The Morgan fingerprint density at radius 1 is 1.22 bits per heavy atom. The van der Waals surface area contributed by atoms with Crippen LogP contribution in [0.25, 0.3) is 0 Å². The van der Waals surface area contributed by atoms with E-state index in [1.54, 1.807) is 18.3 Å².